The minimum absolute atomic E-state index is 0.0722. The summed E-state index contributed by atoms with van der Waals surface area (Å²) < 4.78 is 0. The Bertz CT molecular complexity index is 499. The molecule has 0 spiro atoms. The third kappa shape index (κ3) is 4.44. The second-order valence-electron chi connectivity index (χ2n) is 5.52. The standard InChI is InChI=1S/C16H24N4O2/c1-2-3-4-5-18-16(22)14-10-15(12-17-11-14)20-8-6-19(13-21)7-9-20/h10-13H,2-9H2,1H3,(H,18,22). The summed E-state index contributed by atoms with van der Waals surface area (Å²) in [6, 6.07) is 1.87. The molecule has 1 aliphatic heterocycles. The van der Waals surface area contributed by atoms with Crippen LogP contribution >= 0.6 is 0 Å². The normalized spacial score (nSPS) is 14.8. The molecule has 1 aromatic heterocycles. The number of hydrogen-bond donors (Lipinski definition) is 1. The molecule has 6 heteroatoms. The Morgan fingerprint density at radius 1 is 1.27 bits per heavy atom. The van der Waals surface area contributed by atoms with E-state index in [-0.39, 0.29) is 5.91 Å². The van der Waals surface area contributed by atoms with E-state index in [4.69, 9.17) is 0 Å². The summed E-state index contributed by atoms with van der Waals surface area (Å²) >= 11 is 0. The fourth-order valence-electron chi connectivity index (χ4n) is 2.49. The van der Waals surface area contributed by atoms with Crippen molar-refractivity contribution in [1.82, 2.24) is 15.2 Å². The van der Waals surface area contributed by atoms with Gasteiger partial charge in [0.05, 0.1) is 17.4 Å². The molecule has 1 aliphatic rings. The maximum absolute atomic E-state index is 12.1. The van der Waals surface area contributed by atoms with Crippen molar-refractivity contribution in [2.75, 3.05) is 37.6 Å². The van der Waals surface area contributed by atoms with Gasteiger partial charge in [0.15, 0.2) is 0 Å². The molecule has 0 radical (unpaired) electrons. The van der Waals surface area contributed by atoms with Gasteiger partial charge in [-0.25, -0.2) is 0 Å². The Kier molecular flexibility index (Phi) is 6.18. The van der Waals surface area contributed by atoms with Crippen molar-refractivity contribution in [3.8, 4) is 0 Å². The molecular weight excluding hydrogens is 280 g/mol. The number of anilines is 1. The van der Waals surface area contributed by atoms with Gasteiger partial charge in [-0.15, -0.1) is 0 Å². The molecule has 6 nitrogen and oxygen atoms in total. The molecule has 2 heterocycles. The minimum atomic E-state index is -0.0722. The van der Waals surface area contributed by atoms with Crippen molar-refractivity contribution >= 4 is 18.0 Å². The van der Waals surface area contributed by atoms with Crippen LogP contribution in [0.2, 0.25) is 0 Å². The van der Waals surface area contributed by atoms with Gasteiger partial charge in [0.1, 0.15) is 0 Å². The fraction of sp³-hybridized carbons (Fsp3) is 0.562. The minimum Gasteiger partial charge on any atom is -0.367 e. The van der Waals surface area contributed by atoms with Gasteiger partial charge in [-0.3, -0.25) is 14.6 Å². The molecule has 120 valence electrons. The molecular formula is C16H24N4O2. The second kappa shape index (κ2) is 8.36. The Morgan fingerprint density at radius 2 is 2.05 bits per heavy atom. The monoisotopic (exact) mass is 304 g/mol. The number of piperazine rings is 1. The number of nitrogens with one attached hydrogen (secondary N) is 1. The molecule has 0 unspecified atom stereocenters. The summed E-state index contributed by atoms with van der Waals surface area (Å²) in [4.78, 5) is 30.9. The van der Waals surface area contributed by atoms with Gasteiger partial charge in [-0.1, -0.05) is 19.8 Å². The summed E-state index contributed by atoms with van der Waals surface area (Å²) in [7, 11) is 0. The molecule has 0 aromatic carbocycles. The van der Waals surface area contributed by atoms with Crippen LogP contribution in [0, 0.1) is 0 Å². The maximum atomic E-state index is 12.1. The highest BCUT2D eigenvalue weighted by molar-refractivity contribution is 5.94. The van der Waals surface area contributed by atoms with E-state index in [1.165, 1.54) is 0 Å². The average Bonchev–Trinajstić information content (AvgIpc) is 2.59. The smallest absolute Gasteiger partial charge is 0.252 e. The Hall–Kier alpha value is -2.11. The Balaban J connectivity index is 1.92. The first-order chi connectivity index (χ1) is 10.7. The number of unbranched alkanes of at least 4 members (excludes halogenated alkanes) is 2. The highest BCUT2D eigenvalue weighted by atomic mass is 16.1. The summed E-state index contributed by atoms with van der Waals surface area (Å²) in [6.45, 7) is 5.78. The number of nitrogens with zero attached hydrogens (tertiary/aromatic N) is 3. The number of carbonyl (C=O) groups excluding carboxylic acids is 2. The Labute approximate surface area is 131 Å². The first-order valence-corrected chi connectivity index (χ1v) is 7.92. The highest BCUT2D eigenvalue weighted by Crippen LogP contribution is 2.16. The lowest BCUT2D eigenvalue weighted by molar-refractivity contribution is -0.118. The summed E-state index contributed by atoms with van der Waals surface area (Å²) in [5.74, 6) is -0.0722. The van der Waals surface area contributed by atoms with E-state index < -0.39 is 0 Å². The van der Waals surface area contributed by atoms with Gasteiger partial charge in [-0.2, -0.15) is 0 Å². The second-order valence-corrected chi connectivity index (χ2v) is 5.52. The summed E-state index contributed by atoms with van der Waals surface area (Å²) in [5, 5.41) is 2.93. The van der Waals surface area contributed by atoms with Crippen molar-refractivity contribution in [1.29, 1.82) is 0 Å². The third-order valence-electron chi connectivity index (χ3n) is 3.88. The van der Waals surface area contributed by atoms with Gasteiger partial charge in [0.25, 0.3) is 5.91 Å². The molecule has 1 N–H and O–H groups in total. The van der Waals surface area contributed by atoms with E-state index in [1.807, 2.05) is 6.07 Å². The highest BCUT2D eigenvalue weighted by Gasteiger charge is 2.17. The van der Waals surface area contributed by atoms with Crippen molar-refractivity contribution in [2.24, 2.45) is 0 Å². The largest absolute Gasteiger partial charge is 0.367 e. The third-order valence-corrected chi connectivity index (χ3v) is 3.88. The van der Waals surface area contributed by atoms with Crippen molar-refractivity contribution in [3.05, 3.63) is 24.0 Å². The van der Waals surface area contributed by atoms with Gasteiger partial charge >= 0.3 is 0 Å². The summed E-state index contributed by atoms with van der Waals surface area (Å²) in [6.07, 6.45) is 7.52. The van der Waals surface area contributed by atoms with Crippen molar-refractivity contribution in [3.63, 3.8) is 0 Å². The Morgan fingerprint density at radius 3 is 2.73 bits per heavy atom. The quantitative estimate of drug-likeness (QED) is 0.609. The molecule has 22 heavy (non-hydrogen) atoms. The van der Waals surface area contributed by atoms with Crippen LogP contribution in [0.3, 0.4) is 0 Å². The van der Waals surface area contributed by atoms with E-state index in [1.54, 1.807) is 17.3 Å². The van der Waals surface area contributed by atoms with Crippen LogP contribution in [0.25, 0.3) is 0 Å². The number of rotatable bonds is 7. The molecule has 1 aromatic rings. The molecule has 1 fully saturated rings. The van der Waals surface area contributed by atoms with E-state index in [9.17, 15) is 9.59 Å². The molecule has 2 amide bonds. The lowest BCUT2D eigenvalue weighted by atomic mass is 10.2. The zero-order valence-corrected chi connectivity index (χ0v) is 13.1. The molecule has 0 atom stereocenters. The number of aromatic nitrogens is 1. The van der Waals surface area contributed by atoms with Crippen LogP contribution in [0.15, 0.2) is 18.5 Å². The van der Waals surface area contributed by atoms with Crippen LogP contribution in [0.5, 0.6) is 0 Å². The van der Waals surface area contributed by atoms with E-state index in [2.05, 4.69) is 22.1 Å². The van der Waals surface area contributed by atoms with Crippen LogP contribution in [-0.2, 0) is 4.79 Å². The number of amides is 2. The number of pyridine rings is 1. The van der Waals surface area contributed by atoms with Gasteiger partial charge in [0, 0.05) is 38.9 Å². The lowest BCUT2D eigenvalue weighted by Crippen LogP contribution is -2.45. The molecule has 0 bridgehead atoms. The van der Waals surface area contributed by atoms with Crippen LogP contribution in [0.4, 0.5) is 5.69 Å². The lowest BCUT2D eigenvalue weighted by Gasteiger charge is -2.34. The van der Waals surface area contributed by atoms with Gasteiger partial charge < -0.3 is 15.1 Å². The maximum Gasteiger partial charge on any atom is 0.252 e. The van der Waals surface area contributed by atoms with Crippen LogP contribution in [0.1, 0.15) is 36.5 Å². The SMILES string of the molecule is CCCCCNC(=O)c1cncc(N2CCN(C=O)CC2)c1. The van der Waals surface area contributed by atoms with Crippen molar-refractivity contribution in [2.45, 2.75) is 26.2 Å². The fourth-order valence-corrected chi connectivity index (χ4v) is 2.49. The predicted octanol–water partition coefficient (Wildman–Crippen LogP) is 1.28. The van der Waals surface area contributed by atoms with Crippen molar-refractivity contribution < 1.29 is 9.59 Å². The zero-order valence-electron chi connectivity index (χ0n) is 13.1. The molecule has 0 saturated carbocycles. The van der Waals surface area contributed by atoms with Crippen LogP contribution in [-0.4, -0.2) is 54.9 Å². The zero-order chi connectivity index (χ0) is 15.8. The number of hydrogen-bond acceptors (Lipinski definition) is 4. The molecule has 0 aliphatic carbocycles. The van der Waals surface area contributed by atoms with E-state index >= 15 is 0 Å². The van der Waals surface area contributed by atoms with Gasteiger partial charge in [0.2, 0.25) is 6.41 Å². The summed E-state index contributed by atoms with van der Waals surface area (Å²) in [5.41, 5.74) is 1.53. The van der Waals surface area contributed by atoms with E-state index in [0.29, 0.717) is 25.2 Å². The first kappa shape index (κ1) is 16.3. The molecule has 1 saturated heterocycles. The first-order valence-electron chi connectivity index (χ1n) is 7.92. The van der Waals surface area contributed by atoms with Gasteiger partial charge in [-0.05, 0) is 12.5 Å². The van der Waals surface area contributed by atoms with E-state index in [0.717, 1.165) is 44.4 Å². The average molecular weight is 304 g/mol. The predicted molar refractivity (Wildman–Crippen MR) is 85.9 cm³/mol. The van der Waals surface area contributed by atoms with Crippen LogP contribution < -0.4 is 10.2 Å². The number of carbonyl (C=O) groups is 2. The topological polar surface area (TPSA) is 65.5 Å². The molecule has 2 rings (SSSR count).